The van der Waals surface area contributed by atoms with Crippen LogP contribution in [0.25, 0.3) is 0 Å². The van der Waals surface area contributed by atoms with Crippen molar-refractivity contribution >= 4 is 0 Å². The number of hydrogen-bond acceptors (Lipinski definition) is 3. The molecule has 0 unspecified atom stereocenters. The number of benzene rings is 1. The summed E-state index contributed by atoms with van der Waals surface area (Å²) in [6.07, 6.45) is 3.84. The SMILES string of the molecule is C[C@H]1[C@H]2Cc3ccccc3[C@]1(C)CCN2Cc1ccoc1O. The van der Waals surface area contributed by atoms with Crippen molar-refractivity contribution in [2.75, 3.05) is 6.54 Å². The molecular weight excluding hydrogens is 274 g/mol. The van der Waals surface area contributed by atoms with Crippen LogP contribution in [0.5, 0.6) is 5.95 Å². The van der Waals surface area contributed by atoms with Crippen molar-refractivity contribution in [2.24, 2.45) is 5.92 Å². The van der Waals surface area contributed by atoms with Crippen LogP contribution >= 0.6 is 0 Å². The van der Waals surface area contributed by atoms with Crippen molar-refractivity contribution in [3.05, 3.63) is 53.3 Å². The number of rotatable bonds is 2. The predicted molar refractivity (Wildman–Crippen MR) is 85.8 cm³/mol. The van der Waals surface area contributed by atoms with E-state index >= 15 is 0 Å². The average molecular weight is 297 g/mol. The first kappa shape index (κ1) is 13.9. The number of nitrogens with zero attached hydrogens (tertiary/aromatic N) is 1. The number of hydrogen-bond donors (Lipinski definition) is 1. The van der Waals surface area contributed by atoms with Crippen LogP contribution in [0.1, 0.15) is 37.0 Å². The highest BCUT2D eigenvalue weighted by Crippen LogP contribution is 2.48. The minimum Gasteiger partial charge on any atom is -0.480 e. The summed E-state index contributed by atoms with van der Waals surface area (Å²) in [5.41, 5.74) is 4.21. The van der Waals surface area contributed by atoms with Gasteiger partial charge in [-0.3, -0.25) is 4.90 Å². The van der Waals surface area contributed by atoms with Crippen LogP contribution in [0.2, 0.25) is 0 Å². The Morgan fingerprint density at radius 1 is 1.32 bits per heavy atom. The number of likely N-dealkylation sites (tertiary alicyclic amines) is 1. The Kier molecular flexibility index (Phi) is 3.08. The molecule has 1 aliphatic heterocycles. The van der Waals surface area contributed by atoms with Crippen LogP contribution in [0.4, 0.5) is 0 Å². The molecule has 3 nitrogen and oxygen atoms in total. The topological polar surface area (TPSA) is 36.6 Å². The first-order chi connectivity index (χ1) is 10.6. The van der Waals surface area contributed by atoms with Crippen molar-refractivity contribution in [3.63, 3.8) is 0 Å². The molecule has 1 aliphatic carbocycles. The lowest BCUT2D eigenvalue weighted by Crippen LogP contribution is -2.57. The van der Waals surface area contributed by atoms with E-state index in [1.165, 1.54) is 12.0 Å². The van der Waals surface area contributed by atoms with Crippen LogP contribution in [-0.4, -0.2) is 22.6 Å². The highest BCUT2D eigenvalue weighted by atomic mass is 16.5. The molecule has 1 N–H and O–H groups in total. The van der Waals surface area contributed by atoms with E-state index < -0.39 is 0 Å². The number of fused-ring (bicyclic) bond motifs is 4. The maximum atomic E-state index is 9.79. The zero-order valence-corrected chi connectivity index (χ0v) is 13.2. The van der Waals surface area contributed by atoms with Gasteiger partial charge in [-0.15, -0.1) is 0 Å². The molecule has 4 rings (SSSR count). The summed E-state index contributed by atoms with van der Waals surface area (Å²) in [4.78, 5) is 2.52. The second-order valence-corrected chi connectivity index (χ2v) is 7.11. The zero-order valence-electron chi connectivity index (χ0n) is 13.2. The van der Waals surface area contributed by atoms with Gasteiger partial charge in [-0.05, 0) is 47.9 Å². The molecule has 1 aromatic heterocycles. The van der Waals surface area contributed by atoms with Gasteiger partial charge in [0.15, 0.2) is 0 Å². The number of piperidine rings is 1. The Morgan fingerprint density at radius 3 is 2.91 bits per heavy atom. The Morgan fingerprint density at radius 2 is 2.14 bits per heavy atom. The van der Waals surface area contributed by atoms with E-state index in [-0.39, 0.29) is 11.4 Å². The summed E-state index contributed by atoms with van der Waals surface area (Å²) < 4.78 is 5.04. The van der Waals surface area contributed by atoms with Crippen LogP contribution in [0, 0.1) is 5.92 Å². The van der Waals surface area contributed by atoms with Crippen LogP contribution in [0.15, 0.2) is 41.0 Å². The van der Waals surface area contributed by atoms with Crippen LogP contribution in [-0.2, 0) is 18.4 Å². The summed E-state index contributed by atoms with van der Waals surface area (Å²) in [6.45, 7) is 6.66. The summed E-state index contributed by atoms with van der Waals surface area (Å²) in [7, 11) is 0. The normalized spacial score (nSPS) is 31.0. The van der Waals surface area contributed by atoms with Gasteiger partial charge in [0.25, 0.3) is 5.95 Å². The fraction of sp³-hybridized carbons (Fsp3) is 0.474. The third-order valence-corrected chi connectivity index (χ3v) is 6.13. The summed E-state index contributed by atoms with van der Waals surface area (Å²) in [5.74, 6) is 0.683. The number of furan rings is 1. The highest BCUT2D eigenvalue weighted by molar-refractivity contribution is 5.39. The van der Waals surface area contributed by atoms with Gasteiger partial charge < -0.3 is 9.52 Å². The van der Waals surface area contributed by atoms with Gasteiger partial charge >= 0.3 is 0 Å². The van der Waals surface area contributed by atoms with Crippen molar-refractivity contribution < 1.29 is 9.52 Å². The van der Waals surface area contributed by atoms with Crippen molar-refractivity contribution in [2.45, 2.75) is 44.7 Å². The first-order valence-corrected chi connectivity index (χ1v) is 8.17. The largest absolute Gasteiger partial charge is 0.480 e. The molecule has 2 aliphatic rings. The first-order valence-electron chi connectivity index (χ1n) is 8.17. The Balaban J connectivity index is 1.67. The smallest absolute Gasteiger partial charge is 0.286 e. The monoisotopic (exact) mass is 297 g/mol. The van der Waals surface area contributed by atoms with Crippen LogP contribution in [0.3, 0.4) is 0 Å². The van der Waals surface area contributed by atoms with E-state index in [0.29, 0.717) is 12.0 Å². The van der Waals surface area contributed by atoms with E-state index in [1.54, 1.807) is 11.8 Å². The zero-order chi connectivity index (χ0) is 15.3. The molecule has 3 heteroatoms. The van der Waals surface area contributed by atoms with Crippen molar-refractivity contribution in [1.82, 2.24) is 4.90 Å². The van der Waals surface area contributed by atoms with E-state index in [2.05, 4.69) is 43.0 Å². The molecule has 2 bridgehead atoms. The van der Waals surface area contributed by atoms with Gasteiger partial charge in [-0.25, -0.2) is 0 Å². The quantitative estimate of drug-likeness (QED) is 0.918. The summed E-state index contributed by atoms with van der Waals surface area (Å²) in [5, 5.41) is 9.79. The molecule has 2 aromatic rings. The molecule has 22 heavy (non-hydrogen) atoms. The lowest BCUT2D eigenvalue weighted by Gasteiger charge is -2.54. The molecule has 116 valence electrons. The second kappa shape index (κ2) is 4.88. The van der Waals surface area contributed by atoms with E-state index in [4.69, 9.17) is 4.42 Å². The van der Waals surface area contributed by atoms with Gasteiger partial charge in [0.2, 0.25) is 0 Å². The van der Waals surface area contributed by atoms with Gasteiger partial charge in [0, 0.05) is 18.2 Å². The van der Waals surface area contributed by atoms with Crippen molar-refractivity contribution in [3.8, 4) is 5.95 Å². The van der Waals surface area contributed by atoms with Gasteiger partial charge in [0.05, 0.1) is 6.26 Å². The van der Waals surface area contributed by atoms with Gasteiger partial charge in [-0.2, -0.15) is 0 Å². The van der Waals surface area contributed by atoms with Gasteiger partial charge in [-0.1, -0.05) is 38.1 Å². The van der Waals surface area contributed by atoms with E-state index in [1.807, 2.05) is 6.07 Å². The molecule has 3 atom stereocenters. The molecule has 0 saturated carbocycles. The third kappa shape index (κ3) is 1.92. The molecule has 1 saturated heterocycles. The predicted octanol–water partition coefficient (Wildman–Crippen LogP) is 3.71. The standard InChI is InChI=1S/C19H23NO2/c1-13-17-11-14-5-3-4-6-16(14)19(13,2)8-9-20(17)12-15-7-10-22-18(15)21/h3-7,10,13,17,21H,8-9,11-12H2,1-2H3/t13-,17+,19+/m0/s1. The maximum Gasteiger partial charge on any atom is 0.286 e. The van der Waals surface area contributed by atoms with Crippen LogP contribution < -0.4 is 0 Å². The highest BCUT2D eigenvalue weighted by Gasteiger charge is 2.48. The summed E-state index contributed by atoms with van der Waals surface area (Å²) >= 11 is 0. The lowest BCUT2D eigenvalue weighted by atomic mass is 9.59. The molecule has 1 aromatic carbocycles. The van der Waals surface area contributed by atoms with Crippen molar-refractivity contribution in [1.29, 1.82) is 0 Å². The van der Waals surface area contributed by atoms with E-state index in [9.17, 15) is 5.11 Å². The molecule has 1 fully saturated rings. The van der Waals surface area contributed by atoms with E-state index in [0.717, 1.165) is 25.1 Å². The fourth-order valence-corrected chi connectivity index (χ4v) is 4.54. The molecule has 0 radical (unpaired) electrons. The Labute approximate surface area is 131 Å². The minimum absolute atomic E-state index is 0.0668. The number of aromatic hydroxyl groups is 1. The molecule has 2 heterocycles. The average Bonchev–Trinajstić information content (AvgIpc) is 2.91. The maximum absolute atomic E-state index is 9.79. The Bertz CT molecular complexity index is 692. The lowest BCUT2D eigenvalue weighted by molar-refractivity contribution is 0.0252. The molecule has 0 spiro atoms. The fourth-order valence-electron chi connectivity index (χ4n) is 4.54. The summed E-state index contributed by atoms with van der Waals surface area (Å²) in [6, 6.07) is 11.3. The molecule has 0 amide bonds. The minimum atomic E-state index is 0.0668. The van der Waals surface area contributed by atoms with Gasteiger partial charge in [0.1, 0.15) is 0 Å². The second-order valence-electron chi connectivity index (χ2n) is 7.11. The third-order valence-electron chi connectivity index (χ3n) is 6.13. The molecular formula is C19H23NO2. The Hall–Kier alpha value is -1.74.